The lowest BCUT2D eigenvalue weighted by atomic mass is 10.1. The SMILES string of the molecule is CCn1cc(S(=O)(=O)N2CC([C@@H]3C[C@@H]3C(=O)O)Oc3ccc(NC(=O)OC(C)(C)C(F)(F)F)cc32)c(Cl)n1. The summed E-state index contributed by atoms with van der Waals surface area (Å²) in [5, 5.41) is 15.2. The molecule has 1 amide bonds. The van der Waals surface area contributed by atoms with Gasteiger partial charge >= 0.3 is 18.2 Å². The number of aromatic nitrogens is 2. The molecule has 0 spiro atoms. The molecule has 2 heterocycles. The van der Waals surface area contributed by atoms with E-state index < -0.39 is 51.8 Å². The highest BCUT2D eigenvalue weighted by Crippen LogP contribution is 2.48. The van der Waals surface area contributed by atoms with Crippen LogP contribution in [-0.2, 0) is 26.1 Å². The van der Waals surface area contributed by atoms with Crippen molar-refractivity contribution in [2.45, 2.75) is 56.5 Å². The highest BCUT2D eigenvalue weighted by molar-refractivity contribution is 7.93. The standard InChI is InChI=1S/C22H24ClF3N4O7S/c1-4-29-10-17(18(23)28-29)38(34,35)30-9-16(12-8-13(12)19(31)32)36-15-6-5-11(7-14(15)30)27-20(33)37-21(2,3)22(24,25)26/h5-7,10,12-13,16H,4,8-9H2,1-3H3,(H,27,33)(H,31,32)/t12-,13+,16?/m1/s1. The van der Waals surface area contributed by atoms with Crippen LogP contribution in [0.25, 0.3) is 0 Å². The number of hydrogen-bond acceptors (Lipinski definition) is 7. The van der Waals surface area contributed by atoms with Crippen molar-refractivity contribution < 1.29 is 45.8 Å². The monoisotopic (exact) mass is 580 g/mol. The summed E-state index contributed by atoms with van der Waals surface area (Å²) >= 11 is 6.12. The van der Waals surface area contributed by atoms with Gasteiger partial charge in [-0.15, -0.1) is 0 Å². The molecule has 0 bridgehead atoms. The molecule has 1 aliphatic carbocycles. The third-order valence-corrected chi connectivity index (χ3v) is 8.51. The van der Waals surface area contributed by atoms with Crippen molar-refractivity contribution in [1.82, 2.24) is 9.78 Å². The van der Waals surface area contributed by atoms with Crippen molar-refractivity contribution in [3.8, 4) is 5.75 Å². The third kappa shape index (κ3) is 5.21. The van der Waals surface area contributed by atoms with Crippen molar-refractivity contribution in [1.29, 1.82) is 0 Å². The van der Waals surface area contributed by atoms with Crippen molar-refractivity contribution in [2.75, 3.05) is 16.2 Å². The number of carbonyl (C=O) groups excluding carboxylic acids is 1. The minimum Gasteiger partial charge on any atom is -0.486 e. The van der Waals surface area contributed by atoms with Crippen LogP contribution in [0.15, 0.2) is 29.3 Å². The van der Waals surface area contributed by atoms with Gasteiger partial charge in [-0.25, -0.2) is 13.2 Å². The Morgan fingerprint density at radius 3 is 2.55 bits per heavy atom. The molecule has 0 saturated heterocycles. The van der Waals surface area contributed by atoms with Gasteiger partial charge in [-0.1, -0.05) is 11.6 Å². The Morgan fingerprint density at radius 2 is 2.00 bits per heavy atom. The number of benzene rings is 1. The largest absolute Gasteiger partial charge is 0.486 e. The number of fused-ring (bicyclic) bond motifs is 1. The van der Waals surface area contributed by atoms with Gasteiger partial charge in [0.1, 0.15) is 16.7 Å². The maximum atomic E-state index is 13.7. The summed E-state index contributed by atoms with van der Waals surface area (Å²) in [6.07, 6.45) is -5.48. The molecule has 11 nitrogen and oxygen atoms in total. The number of rotatable bonds is 7. The summed E-state index contributed by atoms with van der Waals surface area (Å²) in [4.78, 5) is 23.3. The van der Waals surface area contributed by atoms with E-state index in [9.17, 15) is 36.3 Å². The lowest BCUT2D eigenvalue weighted by Gasteiger charge is -2.36. The Balaban J connectivity index is 1.68. The van der Waals surface area contributed by atoms with E-state index in [4.69, 9.17) is 16.3 Å². The smallest absolute Gasteiger partial charge is 0.427 e. The zero-order valence-electron chi connectivity index (χ0n) is 20.3. The fourth-order valence-electron chi connectivity index (χ4n) is 3.98. The van der Waals surface area contributed by atoms with E-state index in [0.29, 0.717) is 26.8 Å². The average molecular weight is 581 g/mol. The second kappa shape index (κ2) is 9.52. The quantitative estimate of drug-likeness (QED) is 0.498. The van der Waals surface area contributed by atoms with E-state index in [1.807, 2.05) is 0 Å². The molecule has 2 aliphatic rings. The number of alkyl halides is 3. The number of aryl methyl sites for hydroxylation is 1. The first-order chi connectivity index (χ1) is 17.5. The molecular weight excluding hydrogens is 557 g/mol. The molecule has 1 fully saturated rings. The van der Waals surface area contributed by atoms with Gasteiger partial charge in [-0.3, -0.25) is 19.1 Å². The van der Waals surface area contributed by atoms with E-state index in [2.05, 4.69) is 15.2 Å². The number of aliphatic carboxylic acids is 1. The lowest BCUT2D eigenvalue weighted by molar-refractivity contribution is -0.242. The zero-order valence-corrected chi connectivity index (χ0v) is 21.9. The van der Waals surface area contributed by atoms with Gasteiger partial charge in [0.2, 0.25) is 5.60 Å². The second-order valence-corrected chi connectivity index (χ2v) is 11.6. The molecule has 208 valence electrons. The van der Waals surface area contributed by atoms with Gasteiger partial charge in [-0.05, 0) is 45.4 Å². The van der Waals surface area contributed by atoms with Crippen molar-refractivity contribution >= 4 is 45.1 Å². The molecule has 38 heavy (non-hydrogen) atoms. The van der Waals surface area contributed by atoms with Gasteiger partial charge in [0.05, 0.1) is 18.2 Å². The summed E-state index contributed by atoms with van der Waals surface area (Å²) in [5.41, 5.74) is -2.89. The zero-order chi connectivity index (χ0) is 28.2. The predicted octanol–water partition coefficient (Wildman–Crippen LogP) is 4.12. The Kier molecular flexibility index (Phi) is 6.97. The molecular formula is C22H24ClF3N4O7S. The number of carbonyl (C=O) groups is 2. The fraction of sp³-hybridized carbons (Fsp3) is 0.500. The molecule has 1 unspecified atom stereocenters. The molecule has 3 atom stereocenters. The van der Waals surface area contributed by atoms with Crippen LogP contribution in [0.5, 0.6) is 5.75 Å². The number of carboxylic acids is 1. The number of ether oxygens (including phenoxy) is 2. The summed E-state index contributed by atoms with van der Waals surface area (Å²) in [6, 6.07) is 3.81. The molecule has 16 heteroatoms. The fourth-order valence-corrected chi connectivity index (χ4v) is 5.91. The molecule has 1 saturated carbocycles. The minimum atomic E-state index is -4.83. The number of nitrogens with zero attached hydrogens (tertiary/aromatic N) is 3. The van der Waals surface area contributed by atoms with Crippen molar-refractivity contribution in [2.24, 2.45) is 11.8 Å². The van der Waals surface area contributed by atoms with Crippen LogP contribution in [0.1, 0.15) is 27.2 Å². The summed E-state index contributed by atoms with van der Waals surface area (Å²) < 4.78 is 79.4. The number of nitrogens with one attached hydrogen (secondary N) is 1. The van der Waals surface area contributed by atoms with Gasteiger partial charge < -0.3 is 14.6 Å². The molecule has 2 N–H and O–H groups in total. The Morgan fingerprint density at radius 1 is 1.32 bits per heavy atom. The van der Waals surface area contributed by atoms with Crippen LogP contribution >= 0.6 is 11.6 Å². The highest BCUT2D eigenvalue weighted by Gasteiger charge is 2.53. The van der Waals surface area contributed by atoms with Crippen LogP contribution in [0.4, 0.5) is 29.3 Å². The van der Waals surface area contributed by atoms with Crippen LogP contribution in [0, 0.1) is 11.8 Å². The summed E-state index contributed by atoms with van der Waals surface area (Å²) in [6.45, 7) is 3.17. The van der Waals surface area contributed by atoms with Crippen LogP contribution in [-0.4, -0.2) is 59.8 Å². The molecule has 0 radical (unpaired) electrons. The number of carboxylic acid groups (broad SMARTS) is 1. The van der Waals surface area contributed by atoms with Crippen LogP contribution in [0.2, 0.25) is 5.15 Å². The van der Waals surface area contributed by atoms with E-state index in [1.165, 1.54) is 29.1 Å². The molecule has 1 aromatic heterocycles. The molecule has 1 aliphatic heterocycles. The molecule has 4 rings (SSSR count). The number of sulfonamides is 1. The van der Waals surface area contributed by atoms with Gasteiger partial charge in [0.15, 0.2) is 5.15 Å². The molecule has 1 aromatic carbocycles. The maximum absolute atomic E-state index is 13.7. The van der Waals surface area contributed by atoms with Crippen LogP contribution < -0.4 is 14.4 Å². The Bertz CT molecular complexity index is 1380. The van der Waals surface area contributed by atoms with Gasteiger partial charge in [0, 0.05) is 24.3 Å². The summed E-state index contributed by atoms with van der Waals surface area (Å²) in [5.74, 6) is -2.09. The van der Waals surface area contributed by atoms with E-state index >= 15 is 0 Å². The number of amides is 1. The van der Waals surface area contributed by atoms with Gasteiger partial charge in [0.25, 0.3) is 10.0 Å². The lowest BCUT2D eigenvalue weighted by Crippen LogP contribution is -2.45. The van der Waals surface area contributed by atoms with Crippen LogP contribution in [0.3, 0.4) is 0 Å². The van der Waals surface area contributed by atoms with Crippen molar-refractivity contribution in [3.63, 3.8) is 0 Å². The van der Waals surface area contributed by atoms with E-state index in [0.717, 1.165) is 4.31 Å². The first kappa shape index (κ1) is 27.8. The minimum absolute atomic E-state index is 0.0398. The first-order valence-corrected chi connectivity index (χ1v) is 13.2. The number of anilines is 2. The van der Waals surface area contributed by atoms with E-state index in [-0.39, 0.29) is 33.7 Å². The Hall–Kier alpha value is -3.20. The molecule has 2 aromatic rings. The van der Waals surface area contributed by atoms with Crippen molar-refractivity contribution in [3.05, 3.63) is 29.5 Å². The maximum Gasteiger partial charge on any atom is 0.427 e. The third-order valence-electron chi connectivity index (χ3n) is 6.34. The normalized spacial score (nSPS) is 21.3. The highest BCUT2D eigenvalue weighted by atomic mass is 35.5. The van der Waals surface area contributed by atoms with E-state index in [1.54, 1.807) is 6.92 Å². The Labute approximate surface area is 220 Å². The summed E-state index contributed by atoms with van der Waals surface area (Å²) in [7, 11) is -4.37. The average Bonchev–Trinajstić information content (AvgIpc) is 3.52. The van der Waals surface area contributed by atoms with Gasteiger partial charge in [-0.2, -0.15) is 18.3 Å². The second-order valence-electron chi connectivity index (χ2n) is 9.38. The number of hydrogen-bond donors (Lipinski definition) is 2. The predicted molar refractivity (Wildman–Crippen MR) is 128 cm³/mol. The number of halogens is 4. The topological polar surface area (TPSA) is 140 Å². The first-order valence-electron chi connectivity index (χ1n) is 11.4.